The Morgan fingerprint density at radius 2 is 1.89 bits per heavy atom. The second kappa shape index (κ2) is 6.04. The Morgan fingerprint density at radius 3 is 2.28 bits per heavy atom. The summed E-state index contributed by atoms with van der Waals surface area (Å²) in [5.74, 6) is -0.127. The summed E-state index contributed by atoms with van der Waals surface area (Å²) in [6.45, 7) is 4.78. The number of amidine groups is 1. The Morgan fingerprint density at radius 1 is 1.39 bits per heavy atom. The van der Waals surface area contributed by atoms with Gasteiger partial charge in [-0.3, -0.25) is 4.79 Å². The van der Waals surface area contributed by atoms with Crippen LogP contribution in [-0.4, -0.2) is 46.1 Å². The molecule has 0 aliphatic carbocycles. The lowest BCUT2D eigenvalue weighted by molar-refractivity contribution is -0.140. The number of amides is 1. The molecular formula is C12H23N3O3. The van der Waals surface area contributed by atoms with E-state index < -0.39 is 5.41 Å². The monoisotopic (exact) mass is 257 g/mol. The van der Waals surface area contributed by atoms with Crippen LogP contribution in [0.4, 0.5) is 0 Å². The van der Waals surface area contributed by atoms with Crippen LogP contribution in [0.2, 0.25) is 0 Å². The van der Waals surface area contributed by atoms with Gasteiger partial charge in [0.25, 0.3) is 0 Å². The average molecular weight is 257 g/mol. The maximum atomic E-state index is 12.6. The van der Waals surface area contributed by atoms with Gasteiger partial charge in [0.1, 0.15) is 5.41 Å². The smallest absolute Gasteiger partial charge is 0.236 e. The van der Waals surface area contributed by atoms with Gasteiger partial charge in [-0.05, 0) is 25.7 Å². The van der Waals surface area contributed by atoms with Crippen LogP contribution < -0.4 is 5.73 Å². The molecule has 0 saturated carbocycles. The predicted molar refractivity (Wildman–Crippen MR) is 68.2 cm³/mol. The highest BCUT2D eigenvalue weighted by Crippen LogP contribution is 2.30. The summed E-state index contributed by atoms with van der Waals surface area (Å²) >= 11 is 0. The third-order valence-corrected chi connectivity index (χ3v) is 3.97. The second-order valence-corrected chi connectivity index (χ2v) is 4.80. The molecule has 104 valence electrons. The molecule has 18 heavy (non-hydrogen) atoms. The number of nitrogens with two attached hydrogens (primary N) is 1. The van der Waals surface area contributed by atoms with E-state index in [1.807, 2.05) is 13.8 Å². The highest BCUT2D eigenvalue weighted by molar-refractivity contribution is 6.06. The van der Waals surface area contributed by atoms with Gasteiger partial charge in [0.05, 0.1) is 6.10 Å². The molecule has 1 aliphatic heterocycles. The van der Waals surface area contributed by atoms with Crippen molar-refractivity contribution in [2.45, 2.75) is 45.6 Å². The first-order valence-electron chi connectivity index (χ1n) is 6.47. The van der Waals surface area contributed by atoms with Crippen LogP contribution in [0.15, 0.2) is 5.16 Å². The molecule has 0 aromatic rings. The van der Waals surface area contributed by atoms with Gasteiger partial charge in [-0.15, -0.1) is 0 Å². The third kappa shape index (κ3) is 2.58. The zero-order chi connectivity index (χ0) is 13.8. The molecule has 1 aliphatic rings. The number of rotatable bonds is 4. The maximum Gasteiger partial charge on any atom is 0.236 e. The molecule has 0 bridgehead atoms. The molecule has 6 nitrogen and oxygen atoms in total. The van der Waals surface area contributed by atoms with Crippen molar-refractivity contribution in [2.24, 2.45) is 16.3 Å². The minimum Gasteiger partial charge on any atom is -0.409 e. The first kappa shape index (κ1) is 14.8. The lowest BCUT2D eigenvalue weighted by Crippen LogP contribution is -2.53. The highest BCUT2D eigenvalue weighted by atomic mass is 16.4. The quantitative estimate of drug-likeness (QED) is 0.296. The topological polar surface area (TPSA) is 99.2 Å². The first-order valence-corrected chi connectivity index (χ1v) is 6.47. The first-order chi connectivity index (χ1) is 8.51. The third-order valence-electron chi connectivity index (χ3n) is 3.97. The van der Waals surface area contributed by atoms with Gasteiger partial charge in [0, 0.05) is 13.1 Å². The van der Waals surface area contributed by atoms with Crippen LogP contribution in [0, 0.1) is 5.41 Å². The fourth-order valence-electron chi connectivity index (χ4n) is 2.49. The van der Waals surface area contributed by atoms with E-state index in [0.29, 0.717) is 38.8 Å². The van der Waals surface area contributed by atoms with Gasteiger partial charge >= 0.3 is 0 Å². The number of hydrogen-bond acceptors (Lipinski definition) is 4. The molecule has 1 fully saturated rings. The van der Waals surface area contributed by atoms with E-state index in [4.69, 9.17) is 10.9 Å². The zero-order valence-corrected chi connectivity index (χ0v) is 11.1. The van der Waals surface area contributed by atoms with Crippen molar-refractivity contribution >= 4 is 11.7 Å². The van der Waals surface area contributed by atoms with Crippen molar-refractivity contribution in [3.8, 4) is 0 Å². The number of carbonyl (C=O) groups excluding carboxylic acids is 1. The highest BCUT2D eigenvalue weighted by Gasteiger charge is 2.43. The van der Waals surface area contributed by atoms with E-state index in [1.165, 1.54) is 0 Å². The molecule has 0 aromatic heterocycles. The van der Waals surface area contributed by atoms with Gasteiger partial charge in [-0.2, -0.15) is 0 Å². The summed E-state index contributed by atoms with van der Waals surface area (Å²) in [6.07, 6.45) is 1.85. The number of nitrogens with zero attached hydrogens (tertiary/aromatic N) is 2. The molecule has 0 aromatic carbocycles. The van der Waals surface area contributed by atoms with E-state index in [0.717, 1.165) is 0 Å². The van der Waals surface area contributed by atoms with E-state index in [2.05, 4.69) is 5.16 Å². The molecule has 1 saturated heterocycles. The van der Waals surface area contributed by atoms with Crippen molar-refractivity contribution in [3.63, 3.8) is 0 Å². The fourth-order valence-corrected chi connectivity index (χ4v) is 2.49. The number of piperidine rings is 1. The number of hydrogen-bond donors (Lipinski definition) is 3. The van der Waals surface area contributed by atoms with Crippen LogP contribution in [-0.2, 0) is 4.79 Å². The van der Waals surface area contributed by atoms with E-state index in [1.54, 1.807) is 4.90 Å². The van der Waals surface area contributed by atoms with Crippen molar-refractivity contribution in [1.82, 2.24) is 4.90 Å². The molecular weight excluding hydrogens is 234 g/mol. The average Bonchev–Trinajstić information content (AvgIpc) is 2.41. The number of likely N-dealkylation sites (tertiary alicyclic amines) is 1. The van der Waals surface area contributed by atoms with Crippen molar-refractivity contribution in [3.05, 3.63) is 0 Å². The Hall–Kier alpha value is -1.30. The lowest BCUT2D eigenvalue weighted by atomic mass is 9.79. The number of aliphatic hydroxyl groups is 1. The van der Waals surface area contributed by atoms with Crippen LogP contribution in [0.3, 0.4) is 0 Å². The lowest BCUT2D eigenvalue weighted by Gasteiger charge is -2.37. The molecule has 0 radical (unpaired) electrons. The van der Waals surface area contributed by atoms with Crippen molar-refractivity contribution in [1.29, 1.82) is 0 Å². The minimum atomic E-state index is -0.920. The Kier molecular flexibility index (Phi) is 4.95. The van der Waals surface area contributed by atoms with Gasteiger partial charge in [0.2, 0.25) is 5.91 Å². The normalized spacial score (nSPS) is 19.1. The summed E-state index contributed by atoms with van der Waals surface area (Å²) in [6, 6.07) is 0. The molecule has 0 spiro atoms. The van der Waals surface area contributed by atoms with Crippen molar-refractivity contribution in [2.75, 3.05) is 13.1 Å². The largest absolute Gasteiger partial charge is 0.409 e. The number of oxime groups is 1. The van der Waals surface area contributed by atoms with Crippen LogP contribution in [0.5, 0.6) is 0 Å². The number of carbonyl (C=O) groups is 1. The summed E-state index contributed by atoms with van der Waals surface area (Å²) in [7, 11) is 0. The van der Waals surface area contributed by atoms with Crippen LogP contribution >= 0.6 is 0 Å². The fraction of sp³-hybridized carbons (Fsp3) is 0.833. The van der Waals surface area contributed by atoms with Crippen LogP contribution in [0.25, 0.3) is 0 Å². The van der Waals surface area contributed by atoms with E-state index >= 15 is 0 Å². The SMILES string of the molecule is CCC(CC)(C(=O)N1CCC(O)CC1)C(N)=NO. The number of aliphatic hydroxyl groups excluding tert-OH is 1. The predicted octanol–water partition coefficient (Wildman–Crippen LogP) is 0.523. The minimum absolute atomic E-state index is 0.0244. The van der Waals surface area contributed by atoms with Gasteiger partial charge in [-0.25, -0.2) is 0 Å². The molecule has 0 unspecified atom stereocenters. The molecule has 6 heteroatoms. The maximum absolute atomic E-state index is 12.6. The van der Waals surface area contributed by atoms with Gasteiger partial charge in [0.15, 0.2) is 5.84 Å². The summed E-state index contributed by atoms with van der Waals surface area (Å²) in [5, 5.41) is 21.4. The van der Waals surface area contributed by atoms with E-state index in [-0.39, 0.29) is 17.8 Å². The van der Waals surface area contributed by atoms with Gasteiger partial charge < -0.3 is 20.9 Å². The Labute approximate surface area is 107 Å². The summed E-state index contributed by atoms with van der Waals surface area (Å²) in [5.41, 5.74) is 4.79. The standard InChI is InChI=1S/C12H23N3O3/c1-3-12(4-2,10(13)14-18)11(17)15-7-5-9(16)6-8-15/h9,16,18H,3-8H2,1-2H3,(H2,13,14). The van der Waals surface area contributed by atoms with Crippen LogP contribution in [0.1, 0.15) is 39.5 Å². The Bertz CT molecular complexity index is 319. The zero-order valence-electron chi connectivity index (χ0n) is 11.1. The summed E-state index contributed by atoms with van der Waals surface area (Å²) < 4.78 is 0. The molecule has 0 atom stereocenters. The molecule has 4 N–H and O–H groups in total. The van der Waals surface area contributed by atoms with Gasteiger partial charge in [-0.1, -0.05) is 19.0 Å². The molecule has 1 heterocycles. The molecule has 1 rings (SSSR count). The molecule has 1 amide bonds. The van der Waals surface area contributed by atoms with Crippen molar-refractivity contribution < 1.29 is 15.1 Å². The van der Waals surface area contributed by atoms with E-state index in [9.17, 15) is 9.90 Å². The Balaban J connectivity index is 2.90. The summed E-state index contributed by atoms with van der Waals surface area (Å²) in [4.78, 5) is 14.3. The second-order valence-electron chi connectivity index (χ2n) is 4.80.